The predicted octanol–water partition coefficient (Wildman–Crippen LogP) is 6.83. The number of benzene rings is 4. The van der Waals surface area contributed by atoms with Crippen molar-refractivity contribution in [2.45, 2.75) is 37.9 Å². The molecule has 0 N–H and O–H groups in total. The van der Waals surface area contributed by atoms with Crippen LogP contribution in [-0.4, -0.2) is 25.2 Å². The molecule has 0 amide bonds. The highest BCUT2D eigenvalue weighted by Crippen LogP contribution is 2.48. The maximum atomic E-state index is 5.75. The number of ether oxygens (including phenoxy) is 2. The molecule has 0 saturated carbocycles. The van der Waals surface area contributed by atoms with Gasteiger partial charge in [0.2, 0.25) is 0 Å². The summed E-state index contributed by atoms with van der Waals surface area (Å²) in [5, 5.41) is 0. The number of hydrogen-bond acceptors (Lipinski definition) is 3. The van der Waals surface area contributed by atoms with Crippen LogP contribution in [0.5, 0.6) is 11.5 Å². The minimum Gasteiger partial charge on any atom is -0.493 e. The lowest BCUT2D eigenvalue weighted by atomic mass is 9.71. The zero-order chi connectivity index (χ0) is 23.8. The van der Waals surface area contributed by atoms with Crippen LogP contribution in [0, 0.1) is 0 Å². The molecule has 0 spiro atoms. The predicted molar refractivity (Wildman–Crippen MR) is 141 cm³/mol. The summed E-state index contributed by atoms with van der Waals surface area (Å²) in [7, 11) is 3.45. The number of hydrogen-bond donors (Lipinski definition) is 0. The minimum absolute atomic E-state index is 0.301. The van der Waals surface area contributed by atoms with Gasteiger partial charge in [0.05, 0.1) is 14.2 Å². The quantitative estimate of drug-likeness (QED) is 0.325. The summed E-state index contributed by atoms with van der Waals surface area (Å²) in [4.78, 5) is 2.68. The van der Waals surface area contributed by atoms with Crippen molar-refractivity contribution < 1.29 is 9.47 Å². The molecule has 3 heteroatoms. The maximum Gasteiger partial charge on any atom is 0.161 e. The fraction of sp³-hybridized carbons (Fsp3) is 0.250. The number of methoxy groups -OCH3 is 2. The van der Waals surface area contributed by atoms with E-state index in [0.29, 0.717) is 12.0 Å². The maximum absolute atomic E-state index is 5.75. The van der Waals surface area contributed by atoms with Crippen LogP contribution in [0.4, 0.5) is 0 Å². The number of rotatable bonds is 5. The Morgan fingerprint density at radius 1 is 0.714 bits per heavy atom. The van der Waals surface area contributed by atoms with Crippen LogP contribution in [-0.2, 0) is 19.5 Å². The second-order valence-electron chi connectivity index (χ2n) is 9.66. The van der Waals surface area contributed by atoms with E-state index >= 15 is 0 Å². The Morgan fingerprint density at radius 3 is 2.14 bits per heavy atom. The Hall–Kier alpha value is -3.56. The molecule has 35 heavy (non-hydrogen) atoms. The normalized spacial score (nSPS) is 18.8. The first-order valence-corrected chi connectivity index (χ1v) is 12.5. The molecule has 176 valence electrons. The van der Waals surface area contributed by atoms with Crippen molar-refractivity contribution in [3.8, 4) is 22.6 Å². The average Bonchev–Trinajstić information content (AvgIpc) is 2.92. The first-order chi connectivity index (χ1) is 17.2. The Morgan fingerprint density at radius 2 is 1.40 bits per heavy atom. The van der Waals surface area contributed by atoms with Gasteiger partial charge < -0.3 is 9.47 Å². The van der Waals surface area contributed by atoms with Gasteiger partial charge in [0.25, 0.3) is 0 Å². The first-order valence-electron chi connectivity index (χ1n) is 12.5. The fourth-order valence-electron chi connectivity index (χ4n) is 6.05. The largest absolute Gasteiger partial charge is 0.493 e. The molecular weight excluding hydrogens is 430 g/mol. The van der Waals surface area contributed by atoms with E-state index in [1.165, 1.54) is 38.9 Å². The van der Waals surface area contributed by atoms with Crippen molar-refractivity contribution in [2.75, 3.05) is 14.2 Å². The molecule has 1 heterocycles. The lowest BCUT2D eigenvalue weighted by molar-refractivity contribution is 0.132. The molecule has 2 unspecified atom stereocenters. The third kappa shape index (κ3) is 4.00. The van der Waals surface area contributed by atoms with E-state index in [4.69, 9.17) is 9.47 Å². The van der Waals surface area contributed by atoms with Crippen molar-refractivity contribution in [3.63, 3.8) is 0 Å². The van der Waals surface area contributed by atoms with Crippen LogP contribution in [0.1, 0.15) is 40.2 Å². The molecule has 0 bridgehead atoms. The van der Waals surface area contributed by atoms with Gasteiger partial charge in [0, 0.05) is 25.0 Å². The SMILES string of the molecule is COc1cc2c(cc1OC)C1c3cc(-c4ccccc4)ccc3CN(Cc3ccccc3)C1CC2. The third-order valence-electron chi connectivity index (χ3n) is 7.73. The highest BCUT2D eigenvalue weighted by atomic mass is 16.5. The first kappa shape index (κ1) is 21.9. The molecule has 2 aliphatic rings. The molecule has 2 atom stereocenters. The summed E-state index contributed by atoms with van der Waals surface area (Å²) >= 11 is 0. The summed E-state index contributed by atoms with van der Waals surface area (Å²) in [6, 6.07) is 33.5. The summed E-state index contributed by atoms with van der Waals surface area (Å²) in [6.45, 7) is 1.94. The van der Waals surface area contributed by atoms with Crippen molar-refractivity contribution in [3.05, 3.63) is 119 Å². The van der Waals surface area contributed by atoms with Gasteiger partial charge in [-0.3, -0.25) is 4.90 Å². The van der Waals surface area contributed by atoms with Crippen LogP contribution < -0.4 is 9.47 Å². The lowest BCUT2D eigenvalue weighted by Gasteiger charge is -2.46. The molecular formula is C32H31NO2. The summed E-state index contributed by atoms with van der Waals surface area (Å²) in [5.41, 5.74) is 9.55. The number of fused-ring (bicyclic) bond motifs is 5. The van der Waals surface area contributed by atoms with Crippen molar-refractivity contribution >= 4 is 0 Å². The molecule has 4 aromatic rings. The second-order valence-corrected chi connectivity index (χ2v) is 9.66. The number of aryl methyl sites for hydroxylation is 1. The van der Waals surface area contributed by atoms with Crippen molar-refractivity contribution in [1.82, 2.24) is 4.90 Å². The lowest BCUT2D eigenvalue weighted by Crippen LogP contribution is -2.45. The van der Waals surface area contributed by atoms with Crippen LogP contribution in [0.2, 0.25) is 0 Å². The molecule has 1 aliphatic heterocycles. The summed E-state index contributed by atoms with van der Waals surface area (Å²) < 4.78 is 11.4. The molecule has 0 aromatic heterocycles. The van der Waals surface area contributed by atoms with Crippen LogP contribution in [0.3, 0.4) is 0 Å². The van der Waals surface area contributed by atoms with Gasteiger partial charge in [-0.2, -0.15) is 0 Å². The standard InChI is InChI=1S/C32H31NO2/c1-34-30-18-25-15-16-29-32(28(25)19-31(30)35-2)27-17-24(23-11-7-4-8-12-23)13-14-26(27)21-33(29)20-22-9-5-3-6-10-22/h3-14,17-19,29,32H,15-16,20-21H2,1-2H3. The topological polar surface area (TPSA) is 21.7 Å². The molecule has 1 aliphatic carbocycles. The molecule has 4 aromatic carbocycles. The summed E-state index contributed by atoms with van der Waals surface area (Å²) in [5.74, 6) is 1.93. The van der Waals surface area contributed by atoms with Crippen LogP contribution >= 0.6 is 0 Å². The van der Waals surface area contributed by atoms with E-state index in [-0.39, 0.29) is 0 Å². The molecule has 0 radical (unpaired) electrons. The van der Waals surface area contributed by atoms with Gasteiger partial charge in [-0.15, -0.1) is 0 Å². The molecule has 6 rings (SSSR count). The highest BCUT2D eigenvalue weighted by Gasteiger charge is 2.40. The zero-order valence-corrected chi connectivity index (χ0v) is 20.4. The second kappa shape index (κ2) is 9.24. The van der Waals surface area contributed by atoms with Gasteiger partial charge in [0.1, 0.15) is 0 Å². The van der Waals surface area contributed by atoms with E-state index in [0.717, 1.165) is 37.4 Å². The van der Waals surface area contributed by atoms with E-state index < -0.39 is 0 Å². The van der Waals surface area contributed by atoms with Gasteiger partial charge in [-0.05, 0) is 63.9 Å². The smallest absolute Gasteiger partial charge is 0.161 e. The van der Waals surface area contributed by atoms with E-state index in [2.05, 4.69) is 95.9 Å². The van der Waals surface area contributed by atoms with Crippen molar-refractivity contribution in [1.29, 1.82) is 0 Å². The average molecular weight is 462 g/mol. The van der Waals surface area contributed by atoms with E-state index in [1.807, 2.05) is 0 Å². The molecule has 0 saturated heterocycles. The Kier molecular flexibility index (Phi) is 5.79. The Labute approximate surface area is 207 Å². The van der Waals surface area contributed by atoms with Crippen LogP contribution in [0.15, 0.2) is 91.0 Å². The van der Waals surface area contributed by atoms with E-state index in [1.54, 1.807) is 14.2 Å². The highest BCUT2D eigenvalue weighted by molar-refractivity contribution is 5.66. The molecule has 3 nitrogen and oxygen atoms in total. The monoisotopic (exact) mass is 461 g/mol. The molecule has 0 fully saturated rings. The third-order valence-corrected chi connectivity index (χ3v) is 7.73. The van der Waals surface area contributed by atoms with E-state index in [9.17, 15) is 0 Å². The number of nitrogens with zero attached hydrogens (tertiary/aromatic N) is 1. The van der Waals surface area contributed by atoms with Gasteiger partial charge in [-0.1, -0.05) is 78.9 Å². The van der Waals surface area contributed by atoms with Gasteiger partial charge in [-0.25, -0.2) is 0 Å². The fourth-order valence-corrected chi connectivity index (χ4v) is 6.05. The van der Waals surface area contributed by atoms with Gasteiger partial charge >= 0.3 is 0 Å². The summed E-state index contributed by atoms with van der Waals surface area (Å²) in [6.07, 6.45) is 2.19. The van der Waals surface area contributed by atoms with Crippen LogP contribution in [0.25, 0.3) is 11.1 Å². The van der Waals surface area contributed by atoms with Gasteiger partial charge in [0.15, 0.2) is 11.5 Å². The Bertz CT molecular complexity index is 1330. The Balaban J connectivity index is 1.49. The minimum atomic E-state index is 0.301. The zero-order valence-electron chi connectivity index (χ0n) is 20.4. The van der Waals surface area contributed by atoms with Crippen molar-refractivity contribution in [2.24, 2.45) is 0 Å².